The molecule has 0 bridgehead atoms. The molecular weight excluding hydrogens is 613 g/mol. The van der Waals surface area contributed by atoms with Gasteiger partial charge in [0.1, 0.15) is 0 Å². The first kappa shape index (κ1) is 29.0. The Morgan fingerprint density at radius 3 is 2.48 bits per heavy atom. The molecule has 5 rings (SSSR count). The first-order valence-corrected chi connectivity index (χ1v) is 13.9. The first-order valence-electron chi connectivity index (χ1n) is 13.1. The molecule has 13 heteroatoms. The van der Waals surface area contributed by atoms with Gasteiger partial charge in [-0.15, -0.1) is 5.10 Å². The molecule has 216 valence electrons. The number of tetrazole rings is 1. The van der Waals surface area contributed by atoms with Gasteiger partial charge < -0.3 is 10.6 Å². The van der Waals surface area contributed by atoms with Crippen LogP contribution in [0.15, 0.2) is 82.3 Å². The summed E-state index contributed by atoms with van der Waals surface area (Å²) in [5, 5.41) is 15.6. The smallest absolute Gasteiger partial charge is 0.369 e. The minimum absolute atomic E-state index is 0.00443. The van der Waals surface area contributed by atoms with E-state index in [1.165, 1.54) is 18.1 Å². The number of hydrogen-bond acceptors (Lipinski definition) is 5. The summed E-state index contributed by atoms with van der Waals surface area (Å²) in [5.41, 5.74) is 9.95. The number of nitrogens with zero attached hydrogens (tertiary/aromatic N) is 5. The standard InChI is InChI=1S/C29H26BrF3N8O/c30-23-14-22(29(31,32)33)15-24(16-23)35-27(34)41(25-12-10-20(11-13-25)19-4-2-1-3-5-19)17-18-6-8-21(9-7-18)26(42)36-28-37-39-40-38-28/h4,6-16H,1-3,5,17H2,(H2,34,35)(H2,36,37,38,39,40,42). The number of halogens is 4. The highest BCUT2D eigenvalue weighted by atomic mass is 79.9. The van der Waals surface area contributed by atoms with Crippen LogP contribution in [0, 0.1) is 0 Å². The number of amides is 1. The zero-order valence-corrected chi connectivity index (χ0v) is 23.8. The molecule has 0 unspecified atom stereocenters. The number of rotatable bonds is 7. The third-order valence-corrected chi connectivity index (χ3v) is 7.16. The average Bonchev–Trinajstić information content (AvgIpc) is 3.49. The maximum atomic E-state index is 13.4. The molecule has 1 aliphatic rings. The van der Waals surface area contributed by atoms with E-state index in [0.29, 0.717) is 11.3 Å². The van der Waals surface area contributed by atoms with Crippen LogP contribution in [-0.4, -0.2) is 32.5 Å². The highest BCUT2D eigenvalue weighted by Gasteiger charge is 2.31. The van der Waals surface area contributed by atoms with Crippen molar-refractivity contribution in [1.82, 2.24) is 20.6 Å². The quantitative estimate of drug-likeness (QED) is 0.150. The van der Waals surface area contributed by atoms with Gasteiger partial charge in [-0.25, -0.2) is 4.99 Å². The molecule has 9 nitrogen and oxygen atoms in total. The molecule has 4 N–H and O–H groups in total. The van der Waals surface area contributed by atoms with Gasteiger partial charge in [0, 0.05) is 15.7 Å². The minimum atomic E-state index is -4.54. The summed E-state index contributed by atoms with van der Waals surface area (Å²) in [4.78, 5) is 18.6. The van der Waals surface area contributed by atoms with Crippen LogP contribution in [0.1, 0.15) is 52.7 Å². The second kappa shape index (κ2) is 12.6. The number of guanidine groups is 1. The second-order valence-corrected chi connectivity index (χ2v) is 10.6. The molecule has 3 aromatic carbocycles. The van der Waals surface area contributed by atoms with Crippen molar-refractivity contribution in [2.24, 2.45) is 10.7 Å². The van der Waals surface area contributed by atoms with Crippen LogP contribution in [0.3, 0.4) is 0 Å². The zero-order valence-electron chi connectivity index (χ0n) is 22.2. The molecule has 1 amide bonds. The van der Waals surface area contributed by atoms with Gasteiger partial charge >= 0.3 is 6.18 Å². The molecule has 0 saturated carbocycles. The molecule has 0 spiro atoms. The SMILES string of the molecule is NC(=Nc1cc(Br)cc(C(F)(F)F)c1)N(Cc1ccc(C(=O)Nc2nn[nH]n2)cc1)c1ccc(C2=CCCCC2)cc1. The maximum Gasteiger partial charge on any atom is 0.416 e. The Kier molecular flexibility index (Phi) is 8.67. The molecule has 42 heavy (non-hydrogen) atoms. The summed E-state index contributed by atoms with van der Waals surface area (Å²) in [6, 6.07) is 18.1. The topological polar surface area (TPSA) is 125 Å². The molecule has 4 aromatic rings. The Hall–Kier alpha value is -4.52. The number of nitrogens with two attached hydrogens (primary N) is 1. The van der Waals surface area contributed by atoms with Crippen LogP contribution in [0.25, 0.3) is 5.57 Å². The summed E-state index contributed by atoms with van der Waals surface area (Å²) in [7, 11) is 0. The minimum Gasteiger partial charge on any atom is -0.369 e. The van der Waals surface area contributed by atoms with Gasteiger partial charge in [-0.1, -0.05) is 51.4 Å². The van der Waals surface area contributed by atoms with E-state index >= 15 is 0 Å². The molecule has 1 heterocycles. The van der Waals surface area contributed by atoms with Crippen molar-refractivity contribution in [3.05, 3.63) is 99.5 Å². The number of allylic oxidation sites excluding steroid dienone is 2. The summed E-state index contributed by atoms with van der Waals surface area (Å²) < 4.78 is 40.5. The molecule has 0 radical (unpaired) electrons. The van der Waals surface area contributed by atoms with E-state index in [2.05, 4.69) is 52.9 Å². The summed E-state index contributed by atoms with van der Waals surface area (Å²) >= 11 is 3.14. The molecule has 0 atom stereocenters. The van der Waals surface area contributed by atoms with Gasteiger partial charge in [-0.3, -0.25) is 10.1 Å². The van der Waals surface area contributed by atoms with Gasteiger partial charge in [-0.2, -0.15) is 18.4 Å². The normalized spacial score (nSPS) is 13.9. The number of benzene rings is 3. The van der Waals surface area contributed by atoms with Crippen molar-refractivity contribution in [2.45, 2.75) is 38.4 Å². The Morgan fingerprint density at radius 2 is 1.83 bits per heavy atom. The van der Waals surface area contributed by atoms with Crippen LogP contribution in [0.2, 0.25) is 0 Å². The Labute approximate surface area is 247 Å². The van der Waals surface area contributed by atoms with Crippen molar-refractivity contribution in [3.63, 3.8) is 0 Å². The fourth-order valence-electron chi connectivity index (χ4n) is 4.59. The lowest BCUT2D eigenvalue weighted by atomic mass is 9.93. The van der Waals surface area contributed by atoms with Crippen molar-refractivity contribution >= 4 is 50.7 Å². The van der Waals surface area contributed by atoms with Crippen LogP contribution in [-0.2, 0) is 12.7 Å². The van der Waals surface area contributed by atoms with Crippen LogP contribution < -0.4 is 16.0 Å². The van der Waals surface area contributed by atoms with E-state index in [4.69, 9.17) is 5.73 Å². The first-order chi connectivity index (χ1) is 20.2. The van der Waals surface area contributed by atoms with Gasteiger partial charge in [0.05, 0.1) is 17.8 Å². The number of carbonyl (C=O) groups is 1. The lowest BCUT2D eigenvalue weighted by Crippen LogP contribution is -2.36. The lowest BCUT2D eigenvalue weighted by molar-refractivity contribution is -0.137. The lowest BCUT2D eigenvalue weighted by Gasteiger charge is -2.25. The highest BCUT2D eigenvalue weighted by Crippen LogP contribution is 2.35. The van der Waals surface area contributed by atoms with E-state index in [9.17, 15) is 18.0 Å². The zero-order chi connectivity index (χ0) is 29.7. The van der Waals surface area contributed by atoms with Gasteiger partial charge in [0.15, 0.2) is 0 Å². The average molecular weight is 639 g/mol. The fraction of sp³-hybridized carbons (Fsp3) is 0.207. The van der Waals surface area contributed by atoms with Crippen LogP contribution in [0.4, 0.5) is 30.5 Å². The molecule has 1 aromatic heterocycles. The highest BCUT2D eigenvalue weighted by molar-refractivity contribution is 9.10. The van der Waals surface area contributed by atoms with Gasteiger partial charge in [0.25, 0.3) is 11.9 Å². The summed E-state index contributed by atoms with van der Waals surface area (Å²) in [5.74, 6) is -0.360. The van der Waals surface area contributed by atoms with E-state index in [1.54, 1.807) is 29.2 Å². The Bertz CT molecular complexity index is 1600. The predicted octanol–water partition coefficient (Wildman–Crippen LogP) is 6.84. The number of alkyl halides is 3. The maximum absolute atomic E-state index is 13.4. The molecular formula is C29H26BrF3N8O. The third-order valence-electron chi connectivity index (χ3n) is 6.70. The van der Waals surface area contributed by atoms with E-state index < -0.39 is 17.6 Å². The van der Waals surface area contributed by atoms with Gasteiger partial charge in [-0.05, 0) is 90.1 Å². The monoisotopic (exact) mass is 638 g/mol. The molecule has 0 saturated heterocycles. The predicted molar refractivity (Wildman–Crippen MR) is 158 cm³/mol. The summed E-state index contributed by atoms with van der Waals surface area (Å²) in [6.07, 6.45) is 2.13. The van der Waals surface area contributed by atoms with Crippen molar-refractivity contribution in [2.75, 3.05) is 10.2 Å². The second-order valence-electron chi connectivity index (χ2n) is 9.66. The molecule has 0 fully saturated rings. The number of hydrogen-bond donors (Lipinski definition) is 3. The van der Waals surface area contributed by atoms with E-state index in [0.717, 1.165) is 42.5 Å². The van der Waals surface area contributed by atoms with Gasteiger partial charge in [0.2, 0.25) is 5.96 Å². The largest absolute Gasteiger partial charge is 0.416 e. The number of nitrogens with one attached hydrogen (secondary N) is 2. The number of anilines is 2. The summed E-state index contributed by atoms with van der Waals surface area (Å²) in [6.45, 7) is 0.240. The number of aromatic amines is 1. The Balaban J connectivity index is 1.44. The number of H-pyrrole nitrogens is 1. The van der Waals surface area contributed by atoms with Crippen molar-refractivity contribution in [3.8, 4) is 0 Å². The Morgan fingerprint density at radius 1 is 1.07 bits per heavy atom. The van der Waals surface area contributed by atoms with Crippen LogP contribution in [0.5, 0.6) is 0 Å². The van der Waals surface area contributed by atoms with Crippen molar-refractivity contribution < 1.29 is 18.0 Å². The van der Waals surface area contributed by atoms with Crippen LogP contribution >= 0.6 is 15.9 Å². The third kappa shape index (κ3) is 7.21. The van der Waals surface area contributed by atoms with E-state index in [-0.39, 0.29) is 28.6 Å². The number of carbonyl (C=O) groups excluding carboxylic acids is 1. The molecule has 0 aliphatic heterocycles. The molecule has 1 aliphatic carbocycles. The number of aromatic nitrogens is 4. The van der Waals surface area contributed by atoms with Crippen molar-refractivity contribution in [1.29, 1.82) is 0 Å². The number of aliphatic imine (C=N–C) groups is 1. The van der Waals surface area contributed by atoms with E-state index in [1.807, 2.05) is 24.3 Å². The fourth-order valence-corrected chi connectivity index (χ4v) is 5.07.